The maximum Gasteiger partial charge on any atom is 0.277 e. The Bertz CT molecular complexity index is 923. The molecule has 0 unspecified atom stereocenters. The number of rotatable bonds is 1. The average molecular weight is 305 g/mol. The molecule has 0 amide bonds. The van der Waals surface area contributed by atoms with Crippen LogP contribution in [0, 0.1) is 19.7 Å². The number of aromatic amines is 1. The number of hydrogen-bond donors (Lipinski definition) is 1. The second-order valence-corrected chi connectivity index (χ2v) is 5.03. The molecule has 5 nitrogen and oxygen atoms in total. The fraction of sp³-hybridized carbons (Fsp3) is 0.143. The minimum absolute atomic E-state index is 0.137. The zero-order valence-corrected chi connectivity index (χ0v) is 12.0. The Morgan fingerprint density at radius 2 is 1.90 bits per heavy atom. The van der Waals surface area contributed by atoms with E-state index in [1.54, 1.807) is 19.9 Å². The largest absolute Gasteiger partial charge is 0.309 e. The van der Waals surface area contributed by atoms with Gasteiger partial charge in [-0.15, -0.1) is 0 Å². The molecule has 0 bridgehead atoms. The van der Waals surface area contributed by atoms with Crippen LogP contribution in [0.4, 0.5) is 4.39 Å². The molecule has 2 aromatic heterocycles. The quantitative estimate of drug-likeness (QED) is 0.750. The minimum atomic E-state index is -0.526. The van der Waals surface area contributed by atoms with Crippen LogP contribution in [-0.4, -0.2) is 19.9 Å². The zero-order valence-electron chi connectivity index (χ0n) is 11.2. The molecular formula is C14H10ClFN4O. The van der Waals surface area contributed by atoms with Crippen molar-refractivity contribution in [2.24, 2.45) is 0 Å². The Morgan fingerprint density at radius 3 is 2.62 bits per heavy atom. The summed E-state index contributed by atoms with van der Waals surface area (Å²) in [7, 11) is 0. The normalized spacial score (nSPS) is 11.0. The van der Waals surface area contributed by atoms with Gasteiger partial charge >= 0.3 is 0 Å². The van der Waals surface area contributed by atoms with Crippen LogP contribution in [0.2, 0.25) is 5.02 Å². The van der Waals surface area contributed by atoms with Crippen molar-refractivity contribution in [3.63, 3.8) is 0 Å². The Hall–Kier alpha value is -2.34. The summed E-state index contributed by atoms with van der Waals surface area (Å²) in [5.41, 5.74) is 0.535. The van der Waals surface area contributed by atoms with Crippen LogP contribution in [0.1, 0.15) is 11.6 Å². The molecule has 106 valence electrons. The molecule has 0 fully saturated rings. The number of halogens is 2. The van der Waals surface area contributed by atoms with Gasteiger partial charge in [0, 0.05) is 10.6 Å². The molecule has 0 radical (unpaired) electrons. The molecule has 0 aliphatic rings. The Kier molecular flexibility index (Phi) is 3.17. The molecule has 0 atom stereocenters. The monoisotopic (exact) mass is 304 g/mol. The van der Waals surface area contributed by atoms with E-state index in [2.05, 4.69) is 19.9 Å². The highest BCUT2D eigenvalue weighted by atomic mass is 35.5. The number of hydrogen-bond acceptors (Lipinski definition) is 4. The molecule has 3 rings (SSSR count). The molecular weight excluding hydrogens is 295 g/mol. The Morgan fingerprint density at radius 1 is 1.14 bits per heavy atom. The second-order valence-electron chi connectivity index (χ2n) is 4.59. The van der Waals surface area contributed by atoms with Gasteiger partial charge in [-0.05, 0) is 32.0 Å². The number of benzene rings is 1. The van der Waals surface area contributed by atoms with Gasteiger partial charge in [0.15, 0.2) is 5.52 Å². The molecule has 1 aromatic carbocycles. The summed E-state index contributed by atoms with van der Waals surface area (Å²) in [4.78, 5) is 27.1. The molecule has 1 N–H and O–H groups in total. The van der Waals surface area contributed by atoms with E-state index in [4.69, 9.17) is 11.6 Å². The standard InChI is InChI=1S/C14H10ClFN4O/c1-6-17-11(9-4-3-8(15)5-10(9)16)12-13(19-6)14(21)20-7(2)18-12/h3-5H,1-2H3,(H,18,20,21). The van der Waals surface area contributed by atoms with Crippen molar-refractivity contribution in [1.82, 2.24) is 19.9 Å². The van der Waals surface area contributed by atoms with Crippen molar-refractivity contribution in [3.05, 3.63) is 51.0 Å². The highest BCUT2D eigenvalue weighted by Crippen LogP contribution is 2.27. The van der Waals surface area contributed by atoms with Crippen LogP contribution >= 0.6 is 11.6 Å². The van der Waals surface area contributed by atoms with Crippen molar-refractivity contribution >= 4 is 22.6 Å². The summed E-state index contributed by atoms with van der Waals surface area (Å²) in [6.45, 7) is 3.28. The first-order valence-electron chi connectivity index (χ1n) is 6.16. The molecule has 0 aliphatic carbocycles. The topological polar surface area (TPSA) is 71.5 Å². The van der Waals surface area contributed by atoms with Gasteiger partial charge in [-0.2, -0.15) is 0 Å². The maximum absolute atomic E-state index is 14.1. The lowest BCUT2D eigenvalue weighted by Gasteiger charge is -2.08. The van der Waals surface area contributed by atoms with E-state index < -0.39 is 5.82 Å². The SMILES string of the molecule is Cc1nc(-c2ccc(Cl)cc2F)c2nc(C)[nH]c(=O)c2n1. The summed E-state index contributed by atoms with van der Waals surface area (Å²) in [6, 6.07) is 4.26. The lowest BCUT2D eigenvalue weighted by Crippen LogP contribution is -2.13. The molecule has 0 saturated carbocycles. The van der Waals surface area contributed by atoms with Crippen LogP contribution < -0.4 is 5.56 Å². The number of aromatic nitrogens is 4. The van der Waals surface area contributed by atoms with Gasteiger partial charge in [-0.3, -0.25) is 4.79 Å². The fourth-order valence-electron chi connectivity index (χ4n) is 2.12. The second kappa shape index (κ2) is 4.89. The summed E-state index contributed by atoms with van der Waals surface area (Å²) in [6.07, 6.45) is 0. The van der Waals surface area contributed by atoms with E-state index in [0.717, 1.165) is 0 Å². The van der Waals surface area contributed by atoms with Gasteiger partial charge in [0.25, 0.3) is 5.56 Å². The van der Waals surface area contributed by atoms with E-state index in [9.17, 15) is 9.18 Å². The number of fused-ring (bicyclic) bond motifs is 1. The third-order valence-corrected chi connectivity index (χ3v) is 3.21. The number of nitrogens with zero attached hydrogens (tertiary/aromatic N) is 3. The third kappa shape index (κ3) is 2.38. The van der Waals surface area contributed by atoms with Crippen molar-refractivity contribution in [1.29, 1.82) is 0 Å². The van der Waals surface area contributed by atoms with Gasteiger partial charge in [0.1, 0.15) is 28.7 Å². The van der Waals surface area contributed by atoms with Crippen LogP contribution in [-0.2, 0) is 0 Å². The molecule has 3 aromatic rings. The summed E-state index contributed by atoms with van der Waals surface area (Å²) in [5, 5.41) is 0.285. The molecule has 2 heterocycles. The van der Waals surface area contributed by atoms with E-state index >= 15 is 0 Å². The number of H-pyrrole nitrogens is 1. The molecule has 0 spiro atoms. The molecule has 0 saturated heterocycles. The maximum atomic E-state index is 14.1. The van der Waals surface area contributed by atoms with E-state index in [0.29, 0.717) is 11.6 Å². The van der Waals surface area contributed by atoms with Gasteiger partial charge in [0.05, 0.1) is 0 Å². The van der Waals surface area contributed by atoms with Crippen LogP contribution in [0.15, 0.2) is 23.0 Å². The summed E-state index contributed by atoms with van der Waals surface area (Å²) >= 11 is 5.76. The number of nitrogens with one attached hydrogen (secondary N) is 1. The van der Waals surface area contributed by atoms with Gasteiger partial charge in [0.2, 0.25) is 0 Å². The first kappa shape index (κ1) is 13.6. The average Bonchev–Trinajstić information content (AvgIpc) is 2.39. The highest BCUT2D eigenvalue weighted by Gasteiger charge is 2.16. The van der Waals surface area contributed by atoms with Crippen molar-refractivity contribution in [2.75, 3.05) is 0 Å². The smallest absolute Gasteiger partial charge is 0.277 e. The van der Waals surface area contributed by atoms with E-state index in [1.807, 2.05) is 0 Å². The predicted molar refractivity (Wildman–Crippen MR) is 77.8 cm³/mol. The van der Waals surface area contributed by atoms with Crippen molar-refractivity contribution in [2.45, 2.75) is 13.8 Å². The Labute approximate surface area is 123 Å². The lowest BCUT2D eigenvalue weighted by atomic mass is 10.1. The third-order valence-electron chi connectivity index (χ3n) is 2.97. The molecule has 21 heavy (non-hydrogen) atoms. The first-order valence-corrected chi connectivity index (χ1v) is 6.54. The van der Waals surface area contributed by atoms with Gasteiger partial charge in [-0.1, -0.05) is 11.6 Å². The lowest BCUT2D eigenvalue weighted by molar-refractivity contribution is 0.631. The van der Waals surface area contributed by atoms with Crippen molar-refractivity contribution in [3.8, 4) is 11.3 Å². The summed E-state index contributed by atoms with van der Waals surface area (Å²) < 4.78 is 14.1. The highest BCUT2D eigenvalue weighted by molar-refractivity contribution is 6.30. The first-order chi connectivity index (χ1) is 9.95. The van der Waals surface area contributed by atoms with Crippen LogP contribution in [0.5, 0.6) is 0 Å². The molecule has 0 aliphatic heterocycles. The van der Waals surface area contributed by atoms with Crippen LogP contribution in [0.25, 0.3) is 22.3 Å². The fourth-order valence-corrected chi connectivity index (χ4v) is 2.28. The van der Waals surface area contributed by atoms with Gasteiger partial charge in [-0.25, -0.2) is 19.3 Å². The van der Waals surface area contributed by atoms with Crippen molar-refractivity contribution < 1.29 is 4.39 Å². The predicted octanol–water partition coefficient (Wildman–Crippen LogP) is 2.79. The zero-order chi connectivity index (χ0) is 15.1. The summed E-state index contributed by atoms with van der Waals surface area (Å²) in [5.74, 6) is 0.250. The Balaban J connectivity index is 2.44. The number of aryl methyl sites for hydroxylation is 2. The van der Waals surface area contributed by atoms with Gasteiger partial charge < -0.3 is 4.98 Å². The van der Waals surface area contributed by atoms with Crippen LogP contribution in [0.3, 0.4) is 0 Å². The molecule has 7 heteroatoms. The minimum Gasteiger partial charge on any atom is -0.309 e. The van der Waals surface area contributed by atoms with E-state index in [1.165, 1.54) is 12.1 Å². The van der Waals surface area contributed by atoms with E-state index in [-0.39, 0.29) is 32.9 Å².